The van der Waals surface area contributed by atoms with Crippen LogP contribution in [0.1, 0.15) is 38.8 Å². The quantitative estimate of drug-likeness (QED) is 0.374. The van der Waals surface area contributed by atoms with Crippen molar-refractivity contribution >= 4 is 17.4 Å². The summed E-state index contributed by atoms with van der Waals surface area (Å²) in [4.78, 5) is 34.0. The van der Waals surface area contributed by atoms with E-state index in [1.807, 2.05) is 0 Å². The predicted octanol–water partition coefficient (Wildman–Crippen LogP) is 3.08. The van der Waals surface area contributed by atoms with Gasteiger partial charge in [0.2, 0.25) is 0 Å². The van der Waals surface area contributed by atoms with Gasteiger partial charge in [0.05, 0.1) is 16.9 Å². The maximum Gasteiger partial charge on any atom is 0.339 e. The van der Waals surface area contributed by atoms with Gasteiger partial charge >= 0.3 is 5.97 Å². The first kappa shape index (κ1) is 13.9. The minimum Gasteiger partial charge on any atom is -0.453 e. The number of nitro benzene ring substituents is 1. The Labute approximate surface area is 125 Å². The first-order valence-corrected chi connectivity index (χ1v) is 6.64. The summed E-state index contributed by atoms with van der Waals surface area (Å²) in [6.45, 7) is 0. The summed E-state index contributed by atoms with van der Waals surface area (Å²) < 4.78 is 5.22. The van der Waals surface area contributed by atoms with Crippen LogP contribution in [0.5, 0.6) is 0 Å². The molecule has 0 amide bonds. The Morgan fingerprint density at radius 1 is 1.14 bits per heavy atom. The molecule has 0 aromatic heterocycles. The number of esters is 1. The number of hydrogen-bond donors (Lipinski definition) is 0. The second kappa shape index (κ2) is 5.40. The molecule has 2 aromatic carbocycles. The highest BCUT2D eigenvalue weighted by atomic mass is 16.6. The fourth-order valence-electron chi connectivity index (χ4n) is 2.43. The van der Waals surface area contributed by atoms with Gasteiger partial charge in [0.25, 0.3) is 5.69 Å². The van der Waals surface area contributed by atoms with E-state index in [2.05, 4.69) is 0 Å². The topological polar surface area (TPSA) is 86.5 Å². The smallest absolute Gasteiger partial charge is 0.339 e. The normalized spacial score (nSPS) is 16.0. The SMILES string of the molecule is O=C(CC1OC(=O)c2ccccc21)c1ccc([N+](=O)[O-])cc1. The first-order chi connectivity index (χ1) is 10.6. The van der Waals surface area contributed by atoms with Gasteiger partial charge in [0.1, 0.15) is 6.10 Å². The number of hydrogen-bond acceptors (Lipinski definition) is 5. The van der Waals surface area contributed by atoms with Gasteiger partial charge in [-0.2, -0.15) is 0 Å². The zero-order valence-corrected chi connectivity index (χ0v) is 11.4. The van der Waals surface area contributed by atoms with E-state index >= 15 is 0 Å². The van der Waals surface area contributed by atoms with E-state index in [0.717, 1.165) is 0 Å². The molecule has 0 saturated heterocycles. The van der Waals surface area contributed by atoms with Gasteiger partial charge in [-0.05, 0) is 18.2 Å². The Morgan fingerprint density at radius 3 is 2.50 bits per heavy atom. The number of ketones is 1. The highest BCUT2D eigenvalue weighted by molar-refractivity contribution is 5.99. The molecular formula is C16H11NO5. The van der Waals surface area contributed by atoms with Crippen molar-refractivity contribution in [3.05, 3.63) is 75.3 Å². The summed E-state index contributed by atoms with van der Waals surface area (Å²) in [6, 6.07) is 12.3. The number of fused-ring (bicyclic) bond motifs is 1. The fourth-order valence-corrected chi connectivity index (χ4v) is 2.43. The average Bonchev–Trinajstić information content (AvgIpc) is 2.84. The largest absolute Gasteiger partial charge is 0.453 e. The second-order valence-corrected chi connectivity index (χ2v) is 4.91. The predicted molar refractivity (Wildman–Crippen MR) is 76.6 cm³/mol. The highest BCUT2D eigenvalue weighted by Crippen LogP contribution is 2.33. The van der Waals surface area contributed by atoms with Crippen LogP contribution >= 0.6 is 0 Å². The van der Waals surface area contributed by atoms with E-state index in [0.29, 0.717) is 16.7 Å². The number of cyclic esters (lactones) is 1. The minimum atomic E-state index is -0.605. The van der Waals surface area contributed by atoms with E-state index in [1.165, 1.54) is 24.3 Å². The molecule has 0 bridgehead atoms. The maximum absolute atomic E-state index is 12.2. The summed E-state index contributed by atoms with van der Waals surface area (Å²) in [5, 5.41) is 10.6. The van der Waals surface area contributed by atoms with Crippen molar-refractivity contribution < 1.29 is 19.2 Å². The number of benzene rings is 2. The zero-order valence-electron chi connectivity index (χ0n) is 11.4. The molecule has 1 atom stereocenters. The van der Waals surface area contributed by atoms with Crippen molar-refractivity contribution in [1.82, 2.24) is 0 Å². The van der Waals surface area contributed by atoms with Crippen molar-refractivity contribution in [2.24, 2.45) is 0 Å². The van der Waals surface area contributed by atoms with Gasteiger partial charge in [0, 0.05) is 23.3 Å². The molecule has 1 unspecified atom stereocenters. The monoisotopic (exact) mass is 297 g/mol. The molecule has 22 heavy (non-hydrogen) atoms. The highest BCUT2D eigenvalue weighted by Gasteiger charge is 2.32. The molecule has 1 aliphatic heterocycles. The molecule has 0 saturated carbocycles. The van der Waals surface area contributed by atoms with Crippen LogP contribution in [0.4, 0.5) is 5.69 Å². The Kier molecular flexibility index (Phi) is 3.42. The first-order valence-electron chi connectivity index (χ1n) is 6.64. The van der Waals surface area contributed by atoms with Gasteiger partial charge in [-0.15, -0.1) is 0 Å². The summed E-state index contributed by atoms with van der Waals surface area (Å²) in [7, 11) is 0. The summed E-state index contributed by atoms with van der Waals surface area (Å²) >= 11 is 0. The van der Waals surface area contributed by atoms with Gasteiger partial charge in [-0.25, -0.2) is 4.79 Å². The van der Waals surface area contributed by atoms with Gasteiger partial charge in [-0.1, -0.05) is 18.2 Å². The number of rotatable bonds is 4. The zero-order chi connectivity index (χ0) is 15.7. The third kappa shape index (κ3) is 2.46. The van der Waals surface area contributed by atoms with E-state index in [4.69, 9.17) is 4.74 Å². The summed E-state index contributed by atoms with van der Waals surface area (Å²) in [5.74, 6) is -0.665. The summed E-state index contributed by atoms with van der Waals surface area (Å²) in [5.41, 5.74) is 1.45. The molecule has 3 rings (SSSR count). The molecule has 0 spiro atoms. The lowest BCUT2D eigenvalue weighted by Crippen LogP contribution is -2.07. The van der Waals surface area contributed by atoms with E-state index in [-0.39, 0.29) is 17.9 Å². The number of carbonyl (C=O) groups is 2. The molecular weight excluding hydrogens is 286 g/mol. The van der Waals surface area contributed by atoms with Crippen LogP contribution in [0.25, 0.3) is 0 Å². The summed E-state index contributed by atoms with van der Waals surface area (Å²) in [6.07, 6.45) is -0.591. The molecule has 110 valence electrons. The standard InChI is InChI=1S/C16H11NO5/c18-14(10-5-7-11(8-6-10)17(20)21)9-15-12-3-1-2-4-13(12)16(19)22-15/h1-8,15H,9H2. The lowest BCUT2D eigenvalue weighted by Gasteiger charge is -2.09. The molecule has 0 N–H and O–H groups in total. The van der Waals surface area contributed by atoms with Crippen LogP contribution in [0.15, 0.2) is 48.5 Å². The van der Waals surface area contributed by atoms with Crippen LogP contribution in [-0.2, 0) is 4.74 Å². The van der Waals surface area contributed by atoms with Gasteiger partial charge in [-0.3, -0.25) is 14.9 Å². The third-order valence-corrected chi connectivity index (χ3v) is 3.55. The Hall–Kier alpha value is -3.02. The minimum absolute atomic E-state index is 0.0144. The number of carbonyl (C=O) groups excluding carboxylic acids is 2. The van der Waals surface area contributed by atoms with Crippen molar-refractivity contribution in [3.63, 3.8) is 0 Å². The van der Waals surface area contributed by atoms with Crippen molar-refractivity contribution in [2.75, 3.05) is 0 Å². The van der Waals surface area contributed by atoms with Crippen LogP contribution in [-0.4, -0.2) is 16.7 Å². The molecule has 1 aliphatic rings. The van der Waals surface area contributed by atoms with Crippen LogP contribution in [0.2, 0.25) is 0 Å². The van der Waals surface area contributed by atoms with Crippen LogP contribution in [0.3, 0.4) is 0 Å². The van der Waals surface area contributed by atoms with E-state index in [1.54, 1.807) is 24.3 Å². The molecule has 6 nitrogen and oxygen atoms in total. The van der Waals surface area contributed by atoms with Crippen molar-refractivity contribution in [1.29, 1.82) is 0 Å². The molecule has 0 fully saturated rings. The Morgan fingerprint density at radius 2 is 1.82 bits per heavy atom. The number of nitrogens with zero attached hydrogens (tertiary/aromatic N) is 1. The molecule has 1 heterocycles. The average molecular weight is 297 g/mol. The molecule has 2 aromatic rings. The number of non-ortho nitro benzene ring substituents is 1. The van der Waals surface area contributed by atoms with E-state index in [9.17, 15) is 19.7 Å². The third-order valence-electron chi connectivity index (χ3n) is 3.55. The van der Waals surface area contributed by atoms with Crippen molar-refractivity contribution in [3.8, 4) is 0 Å². The Balaban J connectivity index is 1.78. The lowest BCUT2D eigenvalue weighted by atomic mass is 9.98. The Bertz CT molecular complexity index is 766. The van der Waals surface area contributed by atoms with Gasteiger partial charge < -0.3 is 4.74 Å². The van der Waals surface area contributed by atoms with Crippen molar-refractivity contribution in [2.45, 2.75) is 12.5 Å². The van der Waals surface area contributed by atoms with E-state index < -0.39 is 17.0 Å². The van der Waals surface area contributed by atoms with Crippen LogP contribution < -0.4 is 0 Å². The van der Waals surface area contributed by atoms with Gasteiger partial charge in [0.15, 0.2) is 5.78 Å². The fraction of sp³-hybridized carbons (Fsp3) is 0.125. The number of Topliss-reactive ketones (excluding diaryl/α,β-unsaturated/α-hetero) is 1. The molecule has 0 radical (unpaired) electrons. The second-order valence-electron chi connectivity index (χ2n) is 4.91. The maximum atomic E-state index is 12.2. The number of ether oxygens (including phenoxy) is 1. The van der Waals surface area contributed by atoms with Crippen LogP contribution in [0, 0.1) is 10.1 Å². The lowest BCUT2D eigenvalue weighted by molar-refractivity contribution is -0.384. The molecule has 0 aliphatic carbocycles. The number of nitro groups is 1. The molecule has 6 heteroatoms.